The molecular formula is C11H16N2O2S2. The second-order valence-corrected chi connectivity index (χ2v) is 5.74. The van der Waals surface area contributed by atoms with Crippen molar-refractivity contribution in [2.24, 2.45) is 5.41 Å². The van der Waals surface area contributed by atoms with Gasteiger partial charge in [0.05, 0.1) is 10.3 Å². The molecule has 0 bridgehead atoms. The van der Waals surface area contributed by atoms with E-state index in [0.29, 0.717) is 11.4 Å². The summed E-state index contributed by atoms with van der Waals surface area (Å²) < 4.78 is 0. The minimum absolute atomic E-state index is 0.0983. The third-order valence-corrected chi connectivity index (χ3v) is 3.70. The molecule has 0 saturated carbocycles. The fraction of sp³-hybridized carbons (Fsp3) is 0.455. The quantitative estimate of drug-likeness (QED) is 0.728. The highest BCUT2D eigenvalue weighted by Crippen LogP contribution is 2.18. The van der Waals surface area contributed by atoms with Crippen molar-refractivity contribution < 1.29 is 9.59 Å². The number of hydrogen-bond donors (Lipinski definition) is 3. The summed E-state index contributed by atoms with van der Waals surface area (Å²) in [5.41, 5.74) is -0.620. The molecule has 0 fully saturated rings. The molecule has 17 heavy (non-hydrogen) atoms. The summed E-state index contributed by atoms with van der Waals surface area (Å²) in [6.45, 7) is 3.86. The molecule has 0 radical (unpaired) electrons. The Labute approximate surface area is 110 Å². The summed E-state index contributed by atoms with van der Waals surface area (Å²) in [6, 6.07) is 1.70. The maximum atomic E-state index is 11.7. The normalized spacial score (nSPS) is 11.1. The zero-order valence-electron chi connectivity index (χ0n) is 10.0. The number of carbonyl (C=O) groups excluding carboxylic acids is 2. The fourth-order valence-corrected chi connectivity index (χ4v) is 2.32. The molecule has 6 heteroatoms. The van der Waals surface area contributed by atoms with Gasteiger partial charge in [-0.2, -0.15) is 0 Å². The molecule has 0 unspecified atom stereocenters. The predicted octanol–water partition coefficient (Wildman–Crippen LogP) is 1.54. The van der Waals surface area contributed by atoms with Gasteiger partial charge in [-0.1, -0.05) is 0 Å². The van der Waals surface area contributed by atoms with Crippen molar-refractivity contribution in [3.63, 3.8) is 0 Å². The van der Waals surface area contributed by atoms with Crippen molar-refractivity contribution in [2.75, 3.05) is 13.6 Å². The van der Waals surface area contributed by atoms with Gasteiger partial charge in [0.15, 0.2) is 0 Å². The highest BCUT2D eigenvalue weighted by Gasteiger charge is 2.27. The largest absolute Gasteiger partial charge is 0.359 e. The van der Waals surface area contributed by atoms with E-state index in [1.807, 2.05) is 0 Å². The lowest BCUT2D eigenvalue weighted by atomic mass is 9.92. The summed E-state index contributed by atoms with van der Waals surface area (Å²) in [5, 5.41) is 7.11. The van der Waals surface area contributed by atoms with Crippen molar-refractivity contribution in [3.05, 3.63) is 16.3 Å². The number of amides is 2. The van der Waals surface area contributed by atoms with Crippen LogP contribution < -0.4 is 10.6 Å². The van der Waals surface area contributed by atoms with Crippen LogP contribution in [0.25, 0.3) is 0 Å². The van der Waals surface area contributed by atoms with E-state index in [0.717, 1.165) is 4.90 Å². The lowest BCUT2D eigenvalue weighted by Crippen LogP contribution is -2.43. The SMILES string of the molecule is CNC(=O)C(C)(C)CNC(=O)c1cc(S)cs1. The van der Waals surface area contributed by atoms with Crippen LogP contribution in [0.4, 0.5) is 0 Å². The van der Waals surface area contributed by atoms with Crippen LogP contribution in [0.2, 0.25) is 0 Å². The molecule has 2 amide bonds. The van der Waals surface area contributed by atoms with E-state index in [1.54, 1.807) is 32.3 Å². The average Bonchev–Trinajstić information content (AvgIpc) is 2.71. The van der Waals surface area contributed by atoms with Crippen molar-refractivity contribution >= 4 is 35.8 Å². The van der Waals surface area contributed by atoms with Crippen LogP contribution in [0, 0.1) is 5.41 Å². The molecule has 1 aromatic heterocycles. The average molecular weight is 272 g/mol. The maximum Gasteiger partial charge on any atom is 0.261 e. The molecule has 94 valence electrons. The van der Waals surface area contributed by atoms with Crippen molar-refractivity contribution in [1.29, 1.82) is 0 Å². The Morgan fingerprint density at radius 3 is 2.59 bits per heavy atom. The molecule has 2 N–H and O–H groups in total. The zero-order chi connectivity index (χ0) is 13.1. The number of carbonyl (C=O) groups is 2. The minimum Gasteiger partial charge on any atom is -0.359 e. The van der Waals surface area contributed by atoms with Gasteiger partial charge in [0.2, 0.25) is 5.91 Å². The smallest absolute Gasteiger partial charge is 0.261 e. The van der Waals surface area contributed by atoms with Gasteiger partial charge < -0.3 is 10.6 Å². The van der Waals surface area contributed by atoms with Gasteiger partial charge in [0, 0.05) is 23.9 Å². The molecule has 0 aliphatic heterocycles. The van der Waals surface area contributed by atoms with Gasteiger partial charge in [-0.25, -0.2) is 0 Å². The number of thiophene rings is 1. The van der Waals surface area contributed by atoms with E-state index < -0.39 is 5.41 Å². The van der Waals surface area contributed by atoms with Gasteiger partial charge in [-0.15, -0.1) is 24.0 Å². The van der Waals surface area contributed by atoms with Gasteiger partial charge in [0.1, 0.15) is 0 Å². The Bertz CT molecular complexity index is 427. The third kappa shape index (κ3) is 3.74. The Morgan fingerprint density at radius 1 is 1.47 bits per heavy atom. The lowest BCUT2D eigenvalue weighted by Gasteiger charge is -2.22. The molecule has 0 aliphatic carbocycles. The predicted molar refractivity (Wildman–Crippen MR) is 71.8 cm³/mol. The topological polar surface area (TPSA) is 58.2 Å². The van der Waals surface area contributed by atoms with Gasteiger partial charge in [-0.3, -0.25) is 9.59 Å². The molecule has 4 nitrogen and oxygen atoms in total. The molecule has 0 spiro atoms. The summed E-state index contributed by atoms with van der Waals surface area (Å²) in [6.07, 6.45) is 0. The van der Waals surface area contributed by atoms with E-state index in [-0.39, 0.29) is 11.8 Å². The standard InChI is InChI=1S/C11H16N2O2S2/c1-11(2,10(15)12-3)6-13-9(14)8-4-7(16)5-17-8/h4-5,16H,6H2,1-3H3,(H,12,15)(H,13,14). The molecular weight excluding hydrogens is 256 g/mol. The Hall–Kier alpha value is -1.01. The molecule has 1 rings (SSSR count). The summed E-state index contributed by atoms with van der Waals surface area (Å²) in [5.74, 6) is -0.272. The highest BCUT2D eigenvalue weighted by atomic mass is 32.1. The van der Waals surface area contributed by atoms with Crippen LogP contribution >= 0.6 is 24.0 Å². The molecule has 0 atom stereocenters. The first-order valence-electron chi connectivity index (χ1n) is 5.14. The van der Waals surface area contributed by atoms with Crippen molar-refractivity contribution in [2.45, 2.75) is 18.7 Å². The van der Waals surface area contributed by atoms with Gasteiger partial charge in [0.25, 0.3) is 5.91 Å². The van der Waals surface area contributed by atoms with E-state index in [1.165, 1.54) is 11.3 Å². The Kier molecular flexibility index (Phi) is 4.59. The molecule has 0 aliphatic rings. The van der Waals surface area contributed by atoms with Crippen LogP contribution in [0.5, 0.6) is 0 Å². The summed E-state index contributed by atoms with van der Waals surface area (Å²) >= 11 is 5.47. The summed E-state index contributed by atoms with van der Waals surface area (Å²) in [7, 11) is 1.58. The van der Waals surface area contributed by atoms with Crippen LogP contribution in [0.15, 0.2) is 16.3 Å². The highest BCUT2D eigenvalue weighted by molar-refractivity contribution is 7.80. The van der Waals surface area contributed by atoms with Crippen molar-refractivity contribution in [1.82, 2.24) is 10.6 Å². The minimum atomic E-state index is -0.620. The van der Waals surface area contributed by atoms with E-state index in [9.17, 15) is 9.59 Å². The first kappa shape index (κ1) is 14.1. The monoisotopic (exact) mass is 272 g/mol. The molecule has 1 heterocycles. The number of nitrogens with one attached hydrogen (secondary N) is 2. The van der Waals surface area contributed by atoms with Crippen molar-refractivity contribution in [3.8, 4) is 0 Å². The summed E-state index contributed by atoms with van der Waals surface area (Å²) in [4.78, 5) is 24.6. The van der Waals surface area contributed by atoms with Crippen LogP contribution in [-0.4, -0.2) is 25.4 Å². The Balaban J connectivity index is 2.57. The third-order valence-electron chi connectivity index (χ3n) is 2.34. The lowest BCUT2D eigenvalue weighted by molar-refractivity contribution is -0.128. The van der Waals surface area contributed by atoms with Crippen LogP contribution in [0.3, 0.4) is 0 Å². The van der Waals surface area contributed by atoms with Crippen LogP contribution in [-0.2, 0) is 4.79 Å². The van der Waals surface area contributed by atoms with Gasteiger partial charge in [-0.05, 0) is 19.9 Å². The number of rotatable bonds is 4. The fourth-order valence-electron chi connectivity index (χ4n) is 1.25. The first-order chi connectivity index (χ1) is 7.86. The molecule has 1 aromatic rings. The van der Waals surface area contributed by atoms with E-state index in [2.05, 4.69) is 23.3 Å². The van der Waals surface area contributed by atoms with Crippen LogP contribution in [0.1, 0.15) is 23.5 Å². The van der Waals surface area contributed by atoms with E-state index in [4.69, 9.17) is 0 Å². The van der Waals surface area contributed by atoms with Gasteiger partial charge >= 0.3 is 0 Å². The Morgan fingerprint density at radius 2 is 2.12 bits per heavy atom. The number of thiol groups is 1. The molecule has 0 saturated heterocycles. The zero-order valence-corrected chi connectivity index (χ0v) is 11.7. The maximum absolute atomic E-state index is 11.7. The molecule has 0 aromatic carbocycles. The second-order valence-electron chi connectivity index (χ2n) is 4.31. The van der Waals surface area contributed by atoms with E-state index >= 15 is 0 Å². The first-order valence-corrected chi connectivity index (χ1v) is 6.47. The number of hydrogen-bond acceptors (Lipinski definition) is 4. The second kappa shape index (κ2) is 5.55.